The Morgan fingerprint density at radius 1 is 1.19 bits per heavy atom. The summed E-state index contributed by atoms with van der Waals surface area (Å²) in [6.07, 6.45) is 4.00. The molecule has 1 N–H and O–H groups in total. The second kappa shape index (κ2) is 7.85. The zero-order valence-electron chi connectivity index (χ0n) is 14.6. The molecule has 0 aliphatic rings. The van der Waals surface area contributed by atoms with Gasteiger partial charge in [-0.15, -0.1) is 23.1 Å². The zero-order chi connectivity index (χ0) is 18.6. The van der Waals surface area contributed by atoms with Crippen LogP contribution in [0.15, 0.2) is 71.2 Å². The maximum atomic E-state index is 12.2. The van der Waals surface area contributed by atoms with Crippen molar-refractivity contribution in [3.05, 3.63) is 66.3 Å². The van der Waals surface area contributed by atoms with Crippen LogP contribution in [0.25, 0.3) is 16.2 Å². The van der Waals surface area contributed by atoms with E-state index in [0.717, 1.165) is 32.6 Å². The fourth-order valence-corrected chi connectivity index (χ4v) is 4.01. The van der Waals surface area contributed by atoms with Crippen LogP contribution in [-0.4, -0.2) is 28.2 Å². The Morgan fingerprint density at radius 3 is 2.67 bits per heavy atom. The minimum atomic E-state index is -0.0360. The molecule has 0 aliphatic carbocycles. The number of anilines is 1. The first-order valence-electron chi connectivity index (χ1n) is 8.30. The van der Waals surface area contributed by atoms with Gasteiger partial charge in [-0.05, 0) is 36.4 Å². The van der Waals surface area contributed by atoms with E-state index in [0.29, 0.717) is 5.75 Å². The lowest BCUT2D eigenvalue weighted by molar-refractivity contribution is -0.113. The summed E-state index contributed by atoms with van der Waals surface area (Å²) in [7, 11) is 1.64. The van der Waals surface area contributed by atoms with Gasteiger partial charge >= 0.3 is 0 Å². The Hall–Kier alpha value is -2.77. The fraction of sp³-hybridized carbons (Fsp3) is 0.100. The molecule has 4 rings (SSSR count). The molecule has 136 valence electrons. The summed E-state index contributed by atoms with van der Waals surface area (Å²) in [5.41, 5.74) is 2.73. The van der Waals surface area contributed by atoms with Crippen LogP contribution in [-0.2, 0) is 4.79 Å². The van der Waals surface area contributed by atoms with Crippen LogP contribution >= 0.6 is 23.1 Å². The Balaban J connectivity index is 1.34. The van der Waals surface area contributed by atoms with Gasteiger partial charge in [0.15, 0.2) is 4.96 Å². The van der Waals surface area contributed by atoms with E-state index in [1.165, 1.54) is 11.8 Å². The highest BCUT2D eigenvalue weighted by atomic mass is 32.2. The number of nitrogens with one attached hydrogen (secondary N) is 1. The average Bonchev–Trinajstić information content (AvgIpc) is 3.30. The number of hydrogen-bond acceptors (Lipinski definition) is 5. The number of methoxy groups -OCH3 is 1. The maximum absolute atomic E-state index is 12.2. The second-order valence-corrected chi connectivity index (χ2v) is 7.73. The number of carbonyl (C=O) groups excluding carboxylic acids is 1. The van der Waals surface area contributed by atoms with E-state index in [2.05, 4.69) is 10.3 Å². The van der Waals surface area contributed by atoms with Crippen LogP contribution in [0.1, 0.15) is 0 Å². The van der Waals surface area contributed by atoms with Gasteiger partial charge in [0, 0.05) is 33.9 Å². The summed E-state index contributed by atoms with van der Waals surface area (Å²) < 4.78 is 7.14. The van der Waals surface area contributed by atoms with Crippen LogP contribution in [0.2, 0.25) is 0 Å². The highest BCUT2D eigenvalue weighted by molar-refractivity contribution is 8.00. The van der Waals surface area contributed by atoms with E-state index in [9.17, 15) is 4.79 Å². The van der Waals surface area contributed by atoms with Gasteiger partial charge in [0.25, 0.3) is 0 Å². The Labute approximate surface area is 165 Å². The van der Waals surface area contributed by atoms with Crippen LogP contribution in [0.4, 0.5) is 5.69 Å². The number of thiazole rings is 1. The van der Waals surface area contributed by atoms with E-state index in [4.69, 9.17) is 4.74 Å². The first-order valence-corrected chi connectivity index (χ1v) is 10.2. The van der Waals surface area contributed by atoms with Crippen molar-refractivity contribution in [2.24, 2.45) is 0 Å². The molecule has 0 unspecified atom stereocenters. The van der Waals surface area contributed by atoms with Gasteiger partial charge in [-0.1, -0.05) is 12.1 Å². The molecule has 5 nitrogen and oxygen atoms in total. The van der Waals surface area contributed by atoms with E-state index in [-0.39, 0.29) is 5.91 Å². The van der Waals surface area contributed by atoms with Crippen LogP contribution in [0.5, 0.6) is 5.75 Å². The number of ether oxygens (including phenoxy) is 1. The minimum absolute atomic E-state index is 0.0360. The van der Waals surface area contributed by atoms with Gasteiger partial charge in [-0.2, -0.15) is 0 Å². The third kappa shape index (κ3) is 4.15. The highest BCUT2D eigenvalue weighted by Crippen LogP contribution is 2.24. The van der Waals surface area contributed by atoms with Crippen molar-refractivity contribution in [2.75, 3.05) is 18.2 Å². The van der Waals surface area contributed by atoms with E-state index in [1.54, 1.807) is 18.4 Å². The lowest BCUT2D eigenvalue weighted by Gasteiger charge is -2.06. The lowest BCUT2D eigenvalue weighted by Crippen LogP contribution is -2.13. The Morgan fingerprint density at radius 2 is 1.96 bits per heavy atom. The number of aromatic nitrogens is 2. The molecule has 0 saturated carbocycles. The number of fused-ring (bicyclic) bond motifs is 1. The topological polar surface area (TPSA) is 55.6 Å². The quantitative estimate of drug-likeness (QED) is 0.476. The van der Waals surface area contributed by atoms with Crippen molar-refractivity contribution in [3.8, 4) is 17.0 Å². The SMILES string of the molecule is COc1ccc(SCC(=O)Nc2ccc(-c3cn4ccsc4n3)cc2)cc1. The number of benzene rings is 2. The van der Waals surface area contributed by atoms with Gasteiger partial charge in [-0.3, -0.25) is 9.20 Å². The molecule has 0 spiro atoms. The third-order valence-electron chi connectivity index (χ3n) is 3.99. The van der Waals surface area contributed by atoms with Gasteiger partial charge in [0.1, 0.15) is 5.75 Å². The van der Waals surface area contributed by atoms with E-state index < -0.39 is 0 Å². The van der Waals surface area contributed by atoms with Gasteiger partial charge < -0.3 is 10.1 Å². The number of carbonyl (C=O) groups is 1. The van der Waals surface area contributed by atoms with Crippen molar-refractivity contribution in [1.82, 2.24) is 9.38 Å². The number of nitrogens with zero attached hydrogens (tertiary/aromatic N) is 2. The van der Waals surface area contributed by atoms with Gasteiger partial charge in [-0.25, -0.2) is 4.98 Å². The molecular weight excluding hydrogens is 378 g/mol. The molecule has 2 aromatic heterocycles. The predicted molar refractivity (Wildman–Crippen MR) is 111 cm³/mol. The first kappa shape index (κ1) is 17.6. The molecular formula is C20H17N3O2S2. The molecule has 2 aromatic carbocycles. The summed E-state index contributed by atoms with van der Waals surface area (Å²) in [6.45, 7) is 0. The van der Waals surface area contributed by atoms with E-state index in [1.807, 2.05) is 70.7 Å². The number of amides is 1. The molecule has 1 amide bonds. The molecule has 7 heteroatoms. The molecule has 0 bridgehead atoms. The minimum Gasteiger partial charge on any atom is -0.497 e. The molecule has 4 aromatic rings. The number of imidazole rings is 1. The molecule has 0 aliphatic heterocycles. The zero-order valence-corrected chi connectivity index (χ0v) is 16.2. The van der Waals surface area contributed by atoms with Crippen molar-refractivity contribution >= 4 is 39.7 Å². The standard InChI is InChI=1S/C20H17N3O2S2/c1-25-16-6-8-17(9-7-16)27-13-19(24)21-15-4-2-14(3-5-15)18-12-23-10-11-26-20(23)22-18/h2-12H,13H2,1H3,(H,21,24). The monoisotopic (exact) mass is 395 g/mol. The van der Waals surface area contributed by atoms with E-state index >= 15 is 0 Å². The molecule has 0 radical (unpaired) electrons. The maximum Gasteiger partial charge on any atom is 0.234 e. The Kier molecular flexibility index (Phi) is 5.13. The van der Waals surface area contributed by atoms with Crippen LogP contribution in [0, 0.1) is 0 Å². The molecule has 0 fully saturated rings. The van der Waals surface area contributed by atoms with Crippen molar-refractivity contribution in [3.63, 3.8) is 0 Å². The summed E-state index contributed by atoms with van der Waals surface area (Å²) in [5, 5.41) is 4.94. The van der Waals surface area contributed by atoms with Crippen LogP contribution in [0.3, 0.4) is 0 Å². The molecule has 27 heavy (non-hydrogen) atoms. The second-order valence-electron chi connectivity index (χ2n) is 5.81. The Bertz CT molecular complexity index is 1020. The summed E-state index contributed by atoms with van der Waals surface area (Å²) in [5.74, 6) is 1.12. The number of thioether (sulfide) groups is 1. The summed E-state index contributed by atoms with van der Waals surface area (Å²) >= 11 is 3.10. The summed E-state index contributed by atoms with van der Waals surface area (Å²) in [4.78, 5) is 18.8. The molecule has 0 saturated heterocycles. The lowest BCUT2D eigenvalue weighted by atomic mass is 10.1. The van der Waals surface area contributed by atoms with Gasteiger partial charge in [0.05, 0.1) is 18.6 Å². The smallest absolute Gasteiger partial charge is 0.234 e. The van der Waals surface area contributed by atoms with Crippen molar-refractivity contribution in [2.45, 2.75) is 4.90 Å². The van der Waals surface area contributed by atoms with Crippen LogP contribution < -0.4 is 10.1 Å². The van der Waals surface area contributed by atoms with Gasteiger partial charge in [0.2, 0.25) is 5.91 Å². The first-order chi connectivity index (χ1) is 13.2. The number of rotatable bonds is 6. The fourth-order valence-electron chi connectivity index (χ4n) is 2.61. The molecule has 2 heterocycles. The largest absolute Gasteiger partial charge is 0.497 e. The highest BCUT2D eigenvalue weighted by Gasteiger charge is 2.07. The van der Waals surface area contributed by atoms with Crippen molar-refractivity contribution < 1.29 is 9.53 Å². The normalized spacial score (nSPS) is 10.9. The molecule has 0 atom stereocenters. The average molecular weight is 396 g/mol. The third-order valence-corrected chi connectivity index (χ3v) is 5.77. The summed E-state index contributed by atoms with van der Waals surface area (Å²) in [6, 6.07) is 15.4. The predicted octanol–water partition coefficient (Wildman–Crippen LogP) is 4.80. The number of hydrogen-bond donors (Lipinski definition) is 1. The van der Waals surface area contributed by atoms with Crippen molar-refractivity contribution in [1.29, 1.82) is 0 Å².